The fourth-order valence-electron chi connectivity index (χ4n) is 2.47. The predicted octanol–water partition coefficient (Wildman–Crippen LogP) is 1.44. The van der Waals surface area contributed by atoms with E-state index in [1.54, 1.807) is 4.90 Å². The molecule has 0 aromatic carbocycles. The lowest BCUT2D eigenvalue weighted by Crippen LogP contribution is -2.43. The van der Waals surface area contributed by atoms with E-state index >= 15 is 0 Å². The molecule has 0 saturated carbocycles. The number of amides is 1. The molecule has 1 fully saturated rings. The zero-order chi connectivity index (χ0) is 15.7. The minimum atomic E-state index is -0.322. The highest BCUT2D eigenvalue weighted by atomic mass is 16.5. The Morgan fingerprint density at radius 2 is 2.32 bits per heavy atom. The molecule has 0 bridgehead atoms. The van der Waals surface area contributed by atoms with Crippen molar-refractivity contribution in [1.29, 1.82) is 0 Å². The van der Waals surface area contributed by atoms with Gasteiger partial charge in [-0.2, -0.15) is 5.10 Å². The fourth-order valence-corrected chi connectivity index (χ4v) is 2.47. The molecule has 3 heterocycles. The first-order chi connectivity index (χ1) is 10.6. The maximum atomic E-state index is 12.7. The van der Waals surface area contributed by atoms with Crippen molar-refractivity contribution >= 4 is 5.91 Å². The summed E-state index contributed by atoms with van der Waals surface area (Å²) in [5, 5.41) is 6.90. The number of aryl methyl sites for hydroxylation is 1. The van der Waals surface area contributed by atoms with Gasteiger partial charge in [0.05, 0.1) is 13.2 Å². The van der Waals surface area contributed by atoms with Crippen LogP contribution in [0.2, 0.25) is 0 Å². The molecule has 1 atom stereocenters. The molecule has 3 rings (SSSR count). The van der Waals surface area contributed by atoms with Gasteiger partial charge >= 0.3 is 0 Å². The number of rotatable bonds is 3. The number of aromatic nitrogens is 4. The number of carbonyl (C=O) groups excluding carboxylic acids is 1. The number of nitrogens with one attached hydrogen (secondary N) is 1. The number of morpholine rings is 1. The number of oxazole rings is 1. The highest BCUT2D eigenvalue weighted by Gasteiger charge is 2.31. The van der Waals surface area contributed by atoms with Crippen LogP contribution >= 0.6 is 0 Å². The van der Waals surface area contributed by atoms with Crippen molar-refractivity contribution < 1.29 is 13.9 Å². The van der Waals surface area contributed by atoms with Gasteiger partial charge in [0.2, 0.25) is 0 Å². The molecule has 22 heavy (non-hydrogen) atoms. The third kappa shape index (κ3) is 2.74. The van der Waals surface area contributed by atoms with Gasteiger partial charge in [-0.1, -0.05) is 13.8 Å². The molecule has 0 spiro atoms. The minimum absolute atomic E-state index is 0.106. The van der Waals surface area contributed by atoms with E-state index in [1.165, 1.54) is 6.39 Å². The Morgan fingerprint density at radius 3 is 3.00 bits per heavy atom. The Kier molecular flexibility index (Phi) is 3.93. The lowest BCUT2D eigenvalue weighted by atomic mass is 10.1. The summed E-state index contributed by atoms with van der Waals surface area (Å²) in [5.74, 6) is 1.87. The molecule has 8 heteroatoms. The summed E-state index contributed by atoms with van der Waals surface area (Å²) in [6, 6.07) is 0. The number of hydrogen-bond donors (Lipinski definition) is 1. The van der Waals surface area contributed by atoms with Crippen LogP contribution in [0.15, 0.2) is 10.8 Å². The number of ether oxygens (including phenoxy) is 1. The van der Waals surface area contributed by atoms with E-state index in [0.29, 0.717) is 37.0 Å². The first-order valence-corrected chi connectivity index (χ1v) is 7.29. The van der Waals surface area contributed by atoms with E-state index in [9.17, 15) is 4.79 Å². The van der Waals surface area contributed by atoms with Crippen molar-refractivity contribution in [3.05, 3.63) is 29.5 Å². The zero-order valence-corrected chi connectivity index (χ0v) is 12.9. The van der Waals surface area contributed by atoms with Gasteiger partial charge in [0.1, 0.15) is 17.7 Å². The molecule has 1 amide bonds. The molecule has 0 aliphatic carbocycles. The Labute approximate surface area is 127 Å². The van der Waals surface area contributed by atoms with Crippen molar-refractivity contribution in [2.24, 2.45) is 0 Å². The zero-order valence-electron chi connectivity index (χ0n) is 12.9. The van der Waals surface area contributed by atoms with Crippen LogP contribution in [0.25, 0.3) is 0 Å². The Morgan fingerprint density at radius 1 is 1.50 bits per heavy atom. The molecule has 1 aliphatic rings. The number of aromatic amines is 1. The summed E-state index contributed by atoms with van der Waals surface area (Å²) in [7, 11) is 0. The highest BCUT2D eigenvalue weighted by Crippen LogP contribution is 2.23. The van der Waals surface area contributed by atoms with Crippen LogP contribution in [0.3, 0.4) is 0 Å². The molecule has 1 N–H and O–H groups in total. The highest BCUT2D eigenvalue weighted by molar-refractivity contribution is 5.93. The van der Waals surface area contributed by atoms with E-state index in [2.05, 4.69) is 20.2 Å². The molecule has 2 aromatic rings. The van der Waals surface area contributed by atoms with Crippen LogP contribution in [0, 0.1) is 6.92 Å². The maximum absolute atomic E-state index is 12.7. The Balaban J connectivity index is 1.77. The third-order valence-electron chi connectivity index (χ3n) is 3.58. The average molecular weight is 305 g/mol. The Bertz CT molecular complexity index is 663. The monoisotopic (exact) mass is 305 g/mol. The van der Waals surface area contributed by atoms with Gasteiger partial charge < -0.3 is 14.1 Å². The lowest BCUT2D eigenvalue weighted by molar-refractivity contribution is -0.0269. The fraction of sp³-hybridized carbons (Fsp3) is 0.571. The van der Waals surface area contributed by atoms with Crippen molar-refractivity contribution in [2.75, 3.05) is 19.7 Å². The van der Waals surface area contributed by atoms with Crippen LogP contribution < -0.4 is 0 Å². The SMILES string of the molecule is Cc1nc([C@@H]2CN(C(=O)c3ncoc3C(C)C)CCO2)n[nH]1. The number of carbonyl (C=O) groups is 1. The smallest absolute Gasteiger partial charge is 0.276 e. The first-order valence-electron chi connectivity index (χ1n) is 7.29. The molecular formula is C14H19N5O3. The van der Waals surface area contributed by atoms with Crippen molar-refractivity contribution in [3.8, 4) is 0 Å². The van der Waals surface area contributed by atoms with Gasteiger partial charge in [-0.25, -0.2) is 9.97 Å². The molecule has 2 aromatic heterocycles. The van der Waals surface area contributed by atoms with E-state index in [0.717, 1.165) is 5.82 Å². The van der Waals surface area contributed by atoms with Gasteiger partial charge in [0.25, 0.3) is 5.91 Å². The van der Waals surface area contributed by atoms with Gasteiger partial charge in [-0.3, -0.25) is 9.89 Å². The predicted molar refractivity (Wildman–Crippen MR) is 76.3 cm³/mol. The van der Waals surface area contributed by atoms with Crippen LogP contribution in [0.4, 0.5) is 0 Å². The van der Waals surface area contributed by atoms with Crippen LogP contribution in [0.5, 0.6) is 0 Å². The maximum Gasteiger partial charge on any atom is 0.276 e. The second-order valence-electron chi connectivity index (χ2n) is 5.61. The van der Waals surface area contributed by atoms with E-state index in [1.807, 2.05) is 20.8 Å². The Hall–Kier alpha value is -2.22. The van der Waals surface area contributed by atoms with Crippen LogP contribution in [-0.2, 0) is 4.74 Å². The van der Waals surface area contributed by atoms with Crippen molar-refractivity contribution in [1.82, 2.24) is 25.1 Å². The largest absolute Gasteiger partial charge is 0.447 e. The number of hydrogen-bond acceptors (Lipinski definition) is 6. The van der Waals surface area contributed by atoms with Gasteiger partial charge in [-0.15, -0.1) is 0 Å². The van der Waals surface area contributed by atoms with E-state index in [4.69, 9.17) is 9.15 Å². The summed E-state index contributed by atoms with van der Waals surface area (Å²) in [5.41, 5.74) is 0.377. The average Bonchev–Trinajstić information content (AvgIpc) is 3.15. The standard InChI is InChI=1S/C14H19N5O3/c1-8(2)12-11(15-7-22-12)14(20)19-4-5-21-10(6-19)13-16-9(3)17-18-13/h7-8,10H,4-6H2,1-3H3,(H,16,17,18)/t10-/m0/s1. The summed E-state index contributed by atoms with van der Waals surface area (Å²) in [6.45, 7) is 7.13. The number of nitrogens with zero attached hydrogens (tertiary/aromatic N) is 4. The molecule has 118 valence electrons. The first kappa shape index (κ1) is 14.7. The molecule has 0 unspecified atom stereocenters. The van der Waals surface area contributed by atoms with Crippen LogP contribution in [0.1, 0.15) is 53.8 Å². The van der Waals surface area contributed by atoms with Gasteiger partial charge in [0, 0.05) is 12.5 Å². The third-order valence-corrected chi connectivity index (χ3v) is 3.58. The summed E-state index contributed by atoms with van der Waals surface area (Å²) >= 11 is 0. The van der Waals surface area contributed by atoms with Crippen molar-refractivity contribution in [2.45, 2.75) is 32.8 Å². The topological polar surface area (TPSA) is 97.1 Å². The minimum Gasteiger partial charge on any atom is -0.447 e. The second kappa shape index (κ2) is 5.88. The molecule has 1 saturated heterocycles. The summed E-state index contributed by atoms with van der Waals surface area (Å²) in [6.07, 6.45) is 0.996. The van der Waals surface area contributed by atoms with Crippen molar-refractivity contribution in [3.63, 3.8) is 0 Å². The molecule has 0 radical (unpaired) electrons. The lowest BCUT2D eigenvalue weighted by Gasteiger charge is -2.31. The molecule has 8 nitrogen and oxygen atoms in total. The second-order valence-corrected chi connectivity index (χ2v) is 5.61. The van der Waals surface area contributed by atoms with Gasteiger partial charge in [-0.05, 0) is 6.92 Å². The van der Waals surface area contributed by atoms with Crippen LogP contribution in [-0.4, -0.2) is 50.7 Å². The van der Waals surface area contributed by atoms with Gasteiger partial charge in [0.15, 0.2) is 17.9 Å². The summed E-state index contributed by atoms with van der Waals surface area (Å²) < 4.78 is 11.0. The normalized spacial score (nSPS) is 18.9. The molecular weight excluding hydrogens is 286 g/mol. The molecule has 1 aliphatic heterocycles. The summed E-state index contributed by atoms with van der Waals surface area (Å²) in [4.78, 5) is 22.7. The van der Waals surface area contributed by atoms with E-state index in [-0.39, 0.29) is 17.9 Å². The van der Waals surface area contributed by atoms with E-state index < -0.39 is 0 Å². The quantitative estimate of drug-likeness (QED) is 0.921. The number of H-pyrrole nitrogens is 1.